The minimum atomic E-state index is 0.422. The molecule has 2 aliphatic rings. The van der Waals surface area contributed by atoms with Gasteiger partial charge >= 0.3 is 0 Å². The van der Waals surface area contributed by atoms with Crippen LogP contribution in [0.15, 0.2) is 4.99 Å². The molecule has 2 unspecified atom stereocenters. The third-order valence-corrected chi connectivity index (χ3v) is 2.56. The Labute approximate surface area is 72.2 Å². The summed E-state index contributed by atoms with van der Waals surface area (Å²) in [4.78, 5) is 4.12. The average Bonchev–Trinajstić information content (AvgIpc) is 2.54. The maximum absolute atomic E-state index is 5.53. The van der Waals surface area contributed by atoms with Gasteiger partial charge in [0.2, 0.25) is 0 Å². The van der Waals surface area contributed by atoms with Crippen molar-refractivity contribution in [1.82, 2.24) is 5.32 Å². The van der Waals surface area contributed by atoms with Gasteiger partial charge in [-0.25, -0.2) is 0 Å². The number of hydrogen-bond donors (Lipinski definition) is 2. The minimum Gasteiger partial charge on any atom is -0.381 e. The fourth-order valence-electron chi connectivity index (χ4n) is 1.83. The van der Waals surface area contributed by atoms with Gasteiger partial charge in [-0.15, -0.1) is 0 Å². The molecule has 1 saturated heterocycles. The van der Waals surface area contributed by atoms with Crippen LogP contribution in [0.5, 0.6) is 0 Å². The van der Waals surface area contributed by atoms with E-state index < -0.39 is 0 Å². The van der Waals surface area contributed by atoms with Gasteiger partial charge in [-0.3, -0.25) is 4.99 Å². The van der Waals surface area contributed by atoms with Gasteiger partial charge in [0.25, 0.3) is 0 Å². The van der Waals surface area contributed by atoms with Crippen LogP contribution in [0, 0.1) is 5.92 Å². The second kappa shape index (κ2) is 3.31. The number of nitrogens with zero attached hydrogens (tertiary/aromatic N) is 1. The van der Waals surface area contributed by atoms with E-state index in [1.54, 1.807) is 0 Å². The molecule has 0 saturated carbocycles. The first-order valence-corrected chi connectivity index (χ1v) is 4.50. The highest BCUT2D eigenvalue weighted by molar-refractivity contribution is 5.79. The van der Waals surface area contributed by atoms with Gasteiger partial charge in [-0.05, 0) is 12.8 Å². The summed E-state index contributed by atoms with van der Waals surface area (Å²) < 4.78 is 5.40. The molecular formula is C8H15N3O. The molecule has 0 aromatic carbocycles. The topological polar surface area (TPSA) is 59.6 Å². The minimum absolute atomic E-state index is 0.422. The van der Waals surface area contributed by atoms with E-state index in [0.29, 0.717) is 17.9 Å². The lowest BCUT2D eigenvalue weighted by Gasteiger charge is -2.27. The molecule has 0 bridgehead atoms. The second-order valence-corrected chi connectivity index (χ2v) is 3.45. The zero-order chi connectivity index (χ0) is 8.39. The van der Waals surface area contributed by atoms with E-state index in [4.69, 9.17) is 10.5 Å². The maximum Gasteiger partial charge on any atom is 0.188 e. The zero-order valence-electron chi connectivity index (χ0n) is 7.12. The summed E-state index contributed by atoms with van der Waals surface area (Å²) in [6.07, 6.45) is 2.41. The van der Waals surface area contributed by atoms with Crippen LogP contribution in [0.2, 0.25) is 0 Å². The highest BCUT2D eigenvalue weighted by Crippen LogP contribution is 2.19. The molecule has 0 aliphatic carbocycles. The predicted octanol–water partition coefficient (Wildman–Crippen LogP) is -0.301. The van der Waals surface area contributed by atoms with Crippen LogP contribution in [0.3, 0.4) is 0 Å². The molecule has 3 N–H and O–H groups in total. The van der Waals surface area contributed by atoms with E-state index in [0.717, 1.165) is 19.8 Å². The summed E-state index contributed by atoms with van der Waals surface area (Å²) in [6.45, 7) is 2.60. The Kier molecular flexibility index (Phi) is 2.17. The van der Waals surface area contributed by atoms with E-state index >= 15 is 0 Å². The van der Waals surface area contributed by atoms with Gasteiger partial charge in [0, 0.05) is 12.5 Å². The Morgan fingerprint density at radius 1 is 1.58 bits per heavy atom. The van der Waals surface area contributed by atoms with E-state index in [1.807, 2.05) is 0 Å². The molecule has 0 aromatic heterocycles. The van der Waals surface area contributed by atoms with Crippen molar-refractivity contribution in [3.63, 3.8) is 0 Å². The molecule has 2 aliphatic heterocycles. The lowest BCUT2D eigenvalue weighted by Crippen LogP contribution is -2.42. The standard InChI is InChI=1S/C8H15N3O/c9-8-10-4-7(11-8)6-2-1-3-12-5-6/h6-7H,1-5H2,(H3,9,10,11). The van der Waals surface area contributed by atoms with Crippen molar-refractivity contribution in [3.8, 4) is 0 Å². The molecule has 4 nitrogen and oxygen atoms in total. The highest BCUT2D eigenvalue weighted by Gasteiger charge is 2.27. The Morgan fingerprint density at radius 2 is 2.50 bits per heavy atom. The van der Waals surface area contributed by atoms with Crippen molar-refractivity contribution in [2.75, 3.05) is 19.8 Å². The quantitative estimate of drug-likeness (QED) is 0.566. The van der Waals surface area contributed by atoms with Crippen molar-refractivity contribution in [2.24, 2.45) is 16.6 Å². The van der Waals surface area contributed by atoms with Crippen molar-refractivity contribution in [2.45, 2.75) is 18.9 Å². The zero-order valence-corrected chi connectivity index (χ0v) is 7.12. The third kappa shape index (κ3) is 1.53. The summed E-state index contributed by atoms with van der Waals surface area (Å²) >= 11 is 0. The number of aliphatic imine (C=N–C) groups is 1. The summed E-state index contributed by atoms with van der Waals surface area (Å²) in [6, 6.07) is 0.422. The Morgan fingerprint density at radius 3 is 3.08 bits per heavy atom. The normalized spacial score (nSPS) is 35.8. The van der Waals surface area contributed by atoms with Crippen LogP contribution >= 0.6 is 0 Å². The van der Waals surface area contributed by atoms with E-state index in [9.17, 15) is 0 Å². The first-order valence-electron chi connectivity index (χ1n) is 4.50. The molecule has 0 spiro atoms. The van der Waals surface area contributed by atoms with Crippen LogP contribution < -0.4 is 11.1 Å². The third-order valence-electron chi connectivity index (χ3n) is 2.56. The molecule has 0 aromatic rings. The fourth-order valence-corrected chi connectivity index (χ4v) is 1.83. The molecule has 0 radical (unpaired) electrons. The number of ether oxygens (including phenoxy) is 1. The van der Waals surface area contributed by atoms with Gasteiger partial charge in [0.05, 0.1) is 19.2 Å². The summed E-state index contributed by atoms with van der Waals surface area (Å²) in [7, 11) is 0. The van der Waals surface area contributed by atoms with E-state index in [-0.39, 0.29) is 0 Å². The van der Waals surface area contributed by atoms with Gasteiger partial charge in [0.15, 0.2) is 5.96 Å². The maximum atomic E-state index is 5.53. The molecule has 12 heavy (non-hydrogen) atoms. The van der Waals surface area contributed by atoms with Crippen LogP contribution in [0.1, 0.15) is 12.8 Å². The SMILES string of the molecule is NC1=NCC(C2CCCOC2)N1. The van der Waals surface area contributed by atoms with Crippen molar-refractivity contribution in [3.05, 3.63) is 0 Å². The van der Waals surface area contributed by atoms with Crippen LogP contribution in [-0.2, 0) is 4.74 Å². The Bertz CT molecular complexity index is 187. The van der Waals surface area contributed by atoms with Gasteiger partial charge in [-0.2, -0.15) is 0 Å². The first-order chi connectivity index (χ1) is 5.86. The lowest BCUT2D eigenvalue weighted by molar-refractivity contribution is 0.0445. The lowest BCUT2D eigenvalue weighted by atomic mass is 9.94. The molecule has 4 heteroatoms. The summed E-state index contributed by atoms with van der Waals surface area (Å²) in [5.41, 5.74) is 5.53. The second-order valence-electron chi connectivity index (χ2n) is 3.45. The Hall–Kier alpha value is -0.770. The number of nitrogens with two attached hydrogens (primary N) is 1. The van der Waals surface area contributed by atoms with Crippen molar-refractivity contribution < 1.29 is 4.74 Å². The molecule has 1 fully saturated rings. The van der Waals surface area contributed by atoms with Crippen molar-refractivity contribution in [1.29, 1.82) is 0 Å². The van der Waals surface area contributed by atoms with Gasteiger partial charge in [-0.1, -0.05) is 0 Å². The number of hydrogen-bond acceptors (Lipinski definition) is 4. The summed E-state index contributed by atoms with van der Waals surface area (Å²) in [5.74, 6) is 1.19. The molecular weight excluding hydrogens is 154 g/mol. The van der Waals surface area contributed by atoms with E-state index in [2.05, 4.69) is 10.3 Å². The van der Waals surface area contributed by atoms with Gasteiger partial charge < -0.3 is 15.8 Å². The number of guanidine groups is 1. The molecule has 0 amide bonds. The average molecular weight is 169 g/mol. The monoisotopic (exact) mass is 169 g/mol. The van der Waals surface area contributed by atoms with Gasteiger partial charge in [0.1, 0.15) is 0 Å². The van der Waals surface area contributed by atoms with E-state index in [1.165, 1.54) is 12.8 Å². The summed E-state index contributed by atoms with van der Waals surface area (Å²) in [5, 5.41) is 3.17. The smallest absolute Gasteiger partial charge is 0.188 e. The van der Waals surface area contributed by atoms with Crippen molar-refractivity contribution >= 4 is 5.96 Å². The molecule has 68 valence electrons. The number of rotatable bonds is 1. The first kappa shape index (κ1) is 7.86. The molecule has 2 atom stereocenters. The molecule has 2 rings (SSSR count). The van der Waals surface area contributed by atoms with Crippen LogP contribution in [0.4, 0.5) is 0 Å². The predicted molar refractivity (Wildman–Crippen MR) is 47.0 cm³/mol. The molecule has 2 heterocycles. The fraction of sp³-hybridized carbons (Fsp3) is 0.875. The number of nitrogens with one attached hydrogen (secondary N) is 1. The Balaban J connectivity index is 1.85. The van der Waals surface area contributed by atoms with Crippen LogP contribution in [0.25, 0.3) is 0 Å². The van der Waals surface area contributed by atoms with Crippen LogP contribution in [-0.4, -0.2) is 31.8 Å². The highest BCUT2D eigenvalue weighted by atomic mass is 16.5. The largest absolute Gasteiger partial charge is 0.381 e.